The van der Waals surface area contributed by atoms with Gasteiger partial charge in [-0.15, -0.1) is 0 Å². The zero-order chi connectivity index (χ0) is 20.1. The number of amides is 1. The first-order chi connectivity index (χ1) is 13.5. The predicted molar refractivity (Wildman–Crippen MR) is 107 cm³/mol. The van der Waals surface area contributed by atoms with Crippen molar-refractivity contribution in [3.63, 3.8) is 0 Å². The molecule has 1 amide bonds. The van der Waals surface area contributed by atoms with Gasteiger partial charge in [0.05, 0.1) is 16.9 Å². The highest BCUT2D eigenvalue weighted by Crippen LogP contribution is 2.27. The highest BCUT2D eigenvalue weighted by Gasteiger charge is 2.26. The molecule has 3 rings (SSSR count). The van der Waals surface area contributed by atoms with Crippen LogP contribution in [0.3, 0.4) is 0 Å². The SMILES string of the molecule is CC(=O)N(Cc1cncnc1)[C@@H]1CCCN(c2cc(C)nc(C)c2C#N)CC1. The summed E-state index contributed by atoms with van der Waals surface area (Å²) >= 11 is 0. The lowest BCUT2D eigenvalue weighted by Crippen LogP contribution is -2.39. The first kappa shape index (κ1) is 19.7. The third kappa shape index (κ3) is 4.45. The molecule has 0 aromatic carbocycles. The molecule has 0 spiro atoms. The lowest BCUT2D eigenvalue weighted by atomic mass is 10.1. The van der Waals surface area contributed by atoms with E-state index >= 15 is 0 Å². The number of nitriles is 1. The van der Waals surface area contributed by atoms with Crippen molar-refractivity contribution < 1.29 is 4.79 Å². The van der Waals surface area contributed by atoms with E-state index in [0.29, 0.717) is 12.1 Å². The monoisotopic (exact) mass is 378 g/mol. The molecule has 146 valence electrons. The zero-order valence-corrected chi connectivity index (χ0v) is 16.7. The summed E-state index contributed by atoms with van der Waals surface area (Å²) in [5, 5.41) is 9.59. The molecule has 1 fully saturated rings. The summed E-state index contributed by atoms with van der Waals surface area (Å²) in [5.74, 6) is 0.0654. The summed E-state index contributed by atoms with van der Waals surface area (Å²) in [5.41, 5.74) is 4.23. The molecule has 1 atom stereocenters. The fraction of sp³-hybridized carbons (Fsp3) is 0.476. The van der Waals surface area contributed by atoms with Gasteiger partial charge in [0.15, 0.2) is 0 Å². The summed E-state index contributed by atoms with van der Waals surface area (Å²) in [6, 6.07) is 4.47. The normalized spacial score (nSPS) is 16.9. The molecule has 2 aromatic rings. The van der Waals surface area contributed by atoms with Gasteiger partial charge in [-0.3, -0.25) is 9.78 Å². The van der Waals surface area contributed by atoms with Gasteiger partial charge in [-0.1, -0.05) is 0 Å². The molecule has 0 radical (unpaired) electrons. The molecule has 0 saturated carbocycles. The van der Waals surface area contributed by atoms with Gasteiger partial charge >= 0.3 is 0 Å². The van der Waals surface area contributed by atoms with Crippen LogP contribution in [0.15, 0.2) is 24.8 Å². The Morgan fingerprint density at radius 3 is 2.71 bits per heavy atom. The van der Waals surface area contributed by atoms with E-state index in [-0.39, 0.29) is 11.9 Å². The summed E-state index contributed by atoms with van der Waals surface area (Å²) in [7, 11) is 0. The molecule has 3 heterocycles. The number of aromatic nitrogens is 3. The minimum absolute atomic E-state index is 0.0654. The van der Waals surface area contributed by atoms with Crippen molar-refractivity contribution in [2.45, 2.75) is 52.6 Å². The Balaban J connectivity index is 1.77. The van der Waals surface area contributed by atoms with Gasteiger partial charge in [0.1, 0.15) is 12.4 Å². The molecule has 1 aliphatic heterocycles. The lowest BCUT2D eigenvalue weighted by Gasteiger charge is -2.30. The molecule has 0 unspecified atom stereocenters. The smallest absolute Gasteiger partial charge is 0.219 e. The number of hydrogen-bond donors (Lipinski definition) is 0. The summed E-state index contributed by atoms with van der Waals surface area (Å²) in [6.07, 6.45) is 7.77. The van der Waals surface area contributed by atoms with Crippen LogP contribution in [0.25, 0.3) is 0 Å². The van der Waals surface area contributed by atoms with E-state index in [0.717, 1.165) is 55.0 Å². The minimum Gasteiger partial charge on any atom is -0.370 e. The highest BCUT2D eigenvalue weighted by atomic mass is 16.2. The van der Waals surface area contributed by atoms with E-state index in [1.807, 2.05) is 24.8 Å². The van der Waals surface area contributed by atoms with Gasteiger partial charge in [-0.25, -0.2) is 9.97 Å². The van der Waals surface area contributed by atoms with E-state index < -0.39 is 0 Å². The van der Waals surface area contributed by atoms with E-state index in [1.165, 1.54) is 6.33 Å². The minimum atomic E-state index is 0.0654. The van der Waals surface area contributed by atoms with Crippen LogP contribution >= 0.6 is 0 Å². The van der Waals surface area contributed by atoms with Gasteiger partial charge < -0.3 is 9.80 Å². The van der Waals surface area contributed by atoms with E-state index in [4.69, 9.17) is 0 Å². The number of pyridine rings is 1. The summed E-state index contributed by atoms with van der Waals surface area (Å²) in [6.45, 7) is 7.66. The molecule has 1 aliphatic rings. The second-order valence-corrected chi connectivity index (χ2v) is 7.32. The number of aryl methyl sites for hydroxylation is 2. The molecule has 0 bridgehead atoms. The largest absolute Gasteiger partial charge is 0.370 e. The molecule has 1 saturated heterocycles. The Labute approximate surface area is 166 Å². The fourth-order valence-electron chi connectivity index (χ4n) is 3.93. The van der Waals surface area contributed by atoms with Crippen molar-refractivity contribution in [3.8, 4) is 6.07 Å². The molecule has 2 aromatic heterocycles. The Bertz CT molecular complexity index is 876. The number of hydrogen-bond acceptors (Lipinski definition) is 6. The Hall–Kier alpha value is -3.01. The number of nitrogens with zero attached hydrogens (tertiary/aromatic N) is 6. The Morgan fingerprint density at radius 2 is 2.04 bits per heavy atom. The van der Waals surface area contributed by atoms with Crippen LogP contribution in [-0.4, -0.2) is 44.9 Å². The van der Waals surface area contributed by atoms with Crippen molar-refractivity contribution in [3.05, 3.63) is 47.3 Å². The van der Waals surface area contributed by atoms with E-state index in [2.05, 4.69) is 25.9 Å². The fourth-order valence-corrected chi connectivity index (χ4v) is 3.93. The lowest BCUT2D eigenvalue weighted by molar-refractivity contribution is -0.132. The first-order valence-corrected chi connectivity index (χ1v) is 9.64. The number of anilines is 1. The first-order valence-electron chi connectivity index (χ1n) is 9.64. The second kappa shape index (κ2) is 8.79. The number of carbonyl (C=O) groups excluding carboxylic acids is 1. The molecule has 28 heavy (non-hydrogen) atoms. The van der Waals surface area contributed by atoms with Crippen molar-refractivity contribution in [2.24, 2.45) is 0 Å². The third-order valence-corrected chi connectivity index (χ3v) is 5.27. The molecule has 7 nitrogen and oxygen atoms in total. The predicted octanol–water partition coefficient (Wildman–Crippen LogP) is 2.77. The molecular weight excluding hydrogens is 352 g/mol. The summed E-state index contributed by atoms with van der Waals surface area (Å²) < 4.78 is 0. The number of carbonyl (C=O) groups is 1. The number of rotatable bonds is 4. The van der Waals surface area contributed by atoms with E-state index in [1.54, 1.807) is 19.3 Å². The van der Waals surface area contributed by atoms with E-state index in [9.17, 15) is 10.1 Å². The second-order valence-electron chi connectivity index (χ2n) is 7.32. The van der Waals surface area contributed by atoms with Gasteiger partial charge in [-0.2, -0.15) is 5.26 Å². The molecular formula is C21H26N6O. The van der Waals surface area contributed by atoms with Crippen LogP contribution in [-0.2, 0) is 11.3 Å². The topological polar surface area (TPSA) is 86.0 Å². The van der Waals surface area contributed by atoms with Crippen molar-refractivity contribution in [1.29, 1.82) is 5.26 Å². The maximum absolute atomic E-state index is 12.3. The van der Waals surface area contributed by atoms with Crippen molar-refractivity contribution in [2.75, 3.05) is 18.0 Å². The average Bonchev–Trinajstić information content (AvgIpc) is 2.92. The van der Waals surface area contributed by atoms with Crippen LogP contribution in [0, 0.1) is 25.2 Å². The maximum atomic E-state index is 12.3. The van der Waals surface area contributed by atoms with Crippen molar-refractivity contribution in [1.82, 2.24) is 19.9 Å². The van der Waals surface area contributed by atoms with Gasteiger partial charge in [0.2, 0.25) is 5.91 Å². The zero-order valence-electron chi connectivity index (χ0n) is 16.7. The van der Waals surface area contributed by atoms with Crippen LogP contribution < -0.4 is 4.90 Å². The molecule has 0 N–H and O–H groups in total. The molecule has 0 aliphatic carbocycles. The van der Waals surface area contributed by atoms with Crippen LogP contribution in [0.2, 0.25) is 0 Å². The van der Waals surface area contributed by atoms with Crippen LogP contribution in [0.4, 0.5) is 5.69 Å². The van der Waals surface area contributed by atoms with Crippen LogP contribution in [0.1, 0.15) is 48.7 Å². The van der Waals surface area contributed by atoms with Gasteiger partial charge in [0, 0.05) is 56.3 Å². The van der Waals surface area contributed by atoms with Gasteiger partial charge in [-0.05, 0) is 39.2 Å². The average molecular weight is 378 g/mol. The molecule has 7 heteroatoms. The maximum Gasteiger partial charge on any atom is 0.219 e. The highest BCUT2D eigenvalue weighted by molar-refractivity contribution is 5.73. The van der Waals surface area contributed by atoms with Crippen molar-refractivity contribution >= 4 is 11.6 Å². The standard InChI is InChI=1S/C21H26N6O/c1-15-9-21(20(10-22)16(2)25-15)26-7-4-5-19(6-8-26)27(17(3)28)13-18-11-23-14-24-12-18/h9,11-12,14,19H,4-8,13H2,1-3H3/t19-/m1/s1. The quantitative estimate of drug-likeness (QED) is 0.813. The Morgan fingerprint density at radius 1 is 1.29 bits per heavy atom. The van der Waals surface area contributed by atoms with Crippen LogP contribution in [0.5, 0.6) is 0 Å². The summed E-state index contributed by atoms with van der Waals surface area (Å²) in [4.78, 5) is 29.0. The Kier molecular flexibility index (Phi) is 6.19. The van der Waals surface area contributed by atoms with Gasteiger partial charge in [0.25, 0.3) is 0 Å². The third-order valence-electron chi connectivity index (χ3n) is 5.27.